The number of ether oxygens (including phenoxy) is 1. The van der Waals surface area contributed by atoms with Gasteiger partial charge in [0.25, 0.3) is 0 Å². The summed E-state index contributed by atoms with van der Waals surface area (Å²) in [6.07, 6.45) is 0.0128. The van der Waals surface area contributed by atoms with Crippen molar-refractivity contribution >= 4 is 12.0 Å². The van der Waals surface area contributed by atoms with E-state index in [4.69, 9.17) is 0 Å². The Morgan fingerprint density at radius 1 is 1.31 bits per heavy atom. The molecule has 16 heavy (non-hydrogen) atoms. The minimum Gasteiger partial charge on any atom is -0.450 e. The van der Waals surface area contributed by atoms with Gasteiger partial charge in [-0.15, -0.1) is 0 Å². The first-order valence-corrected chi connectivity index (χ1v) is 5.44. The number of nitrogens with one attached hydrogen (secondary N) is 3. The van der Waals surface area contributed by atoms with E-state index in [-0.39, 0.29) is 11.9 Å². The molecule has 0 aliphatic rings. The summed E-state index contributed by atoms with van der Waals surface area (Å²) in [5.41, 5.74) is 0. The molecule has 0 saturated heterocycles. The van der Waals surface area contributed by atoms with Crippen molar-refractivity contribution in [2.24, 2.45) is 0 Å². The molecular formula is C10H21N3O3. The Labute approximate surface area is 96.1 Å². The zero-order valence-corrected chi connectivity index (χ0v) is 10.1. The quantitative estimate of drug-likeness (QED) is 0.532. The lowest BCUT2D eigenvalue weighted by Crippen LogP contribution is -2.38. The molecule has 2 amide bonds. The molecule has 0 rings (SSSR count). The van der Waals surface area contributed by atoms with E-state index in [0.29, 0.717) is 26.1 Å². The predicted octanol–water partition coefficient (Wildman–Crippen LogP) is -0.153. The van der Waals surface area contributed by atoms with Crippen LogP contribution in [-0.4, -0.2) is 44.8 Å². The second-order valence-corrected chi connectivity index (χ2v) is 3.38. The van der Waals surface area contributed by atoms with E-state index in [1.807, 2.05) is 6.92 Å². The Kier molecular flexibility index (Phi) is 8.24. The fourth-order valence-electron chi connectivity index (χ4n) is 1.12. The SMILES string of the molecule is CCOC(=O)NCCNC(C)CC(=O)NC. The number of alkyl carbamates (subject to hydrolysis) is 1. The topological polar surface area (TPSA) is 79.5 Å². The highest BCUT2D eigenvalue weighted by molar-refractivity contribution is 5.76. The fourth-order valence-corrected chi connectivity index (χ4v) is 1.12. The molecule has 0 spiro atoms. The van der Waals surface area contributed by atoms with Crippen LogP contribution >= 0.6 is 0 Å². The highest BCUT2D eigenvalue weighted by atomic mass is 16.5. The monoisotopic (exact) mass is 231 g/mol. The Balaban J connectivity index is 3.44. The van der Waals surface area contributed by atoms with Crippen molar-refractivity contribution in [3.63, 3.8) is 0 Å². The lowest BCUT2D eigenvalue weighted by molar-refractivity contribution is -0.121. The molecule has 0 saturated carbocycles. The van der Waals surface area contributed by atoms with Crippen LogP contribution in [0.25, 0.3) is 0 Å². The molecule has 0 fully saturated rings. The smallest absolute Gasteiger partial charge is 0.407 e. The predicted molar refractivity (Wildman–Crippen MR) is 61.2 cm³/mol. The van der Waals surface area contributed by atoms with Crippen molar-refractivity contribution in [2.45, 2.75) is 26.3 Å². The summed E-state index contributed by atoms with van der Waals surface area (Å²) in [7, 11) is 1.61. The van der Waals surface area contributed by atoms with E-state index in [2.05, 4.69) is 20.7 Å². The molecule has 94 valence electrons. The molecule has 0 aromatic heterocycles. The summed E-state index contributed by atoms with van der Waals surface area (Å²) in [5, 5.41) is 8.25. The molecule has 0 heterocycles. The van der Waals surface area contributed by atoms with Crippen molar-refractivity contribution in [1.82, 2.24) is 16.0 Å². The van der Waals surface area contributed by atoms with Crippen LogP contribution in [0.5, 0.6) is 0 Å². The van der Waals surface area contributed by atoms with Crippen LogP contribution in [0, 0.1) is 0 Å². The van der Waals surface area contributed by atoms with Crippen molar-refractivity contribution in [2.75, 3.05) is 26.7 Å². The van der Waals surface area contributed by atoms with Crippen LogP contribution in [-0.2, 0) is 9.53 Å². The summed E-state index contributed by atoms with van der Waals surface area (Å²) < 4.78 is 4.69. The standard InChI is InChI=1S/C10H21N3O3/c1-4-16-10(15)13-6-5-12-8(2)7-9(14)11-3/h8,12H,4-7H2,1-3H3,(H,11,14)(H,13,15). The molecule has 0 aliphatic heterocycles. The second kappa shape index (κ2) is 8.96. The Hall–Kier alpha value is -1.30. The third-order valence-electron chi connectivity index (χ3n) is 1.93. The summed E-state index contributed by atoms with van der Waals surface area (Å²) >= 11 is 0. The number of rotatable bonds is 7. The van der Waals surface area contributed by atoms with E-state index in [1.165, 1.54) is 0 Å². The zero-order valence-electron chi connectivity index (χ0n) is 10.1. The van der Waals surface area contributed by atoms with Gasteiger partial charge in [0.1, 0.15) is 0 Å². The first kappa shape index (κ1) is 14.7. The molecule has 0 bridgehead atoms. The normalized spacial score (nSPS) is 11.7. The molecule has 1 atom stereocenters. The van der Waals surface area contributed by atoms with Crippen molar-refractivity contribution in [3.05, 3.63) is 0 Å². The number of carbonyl (C=O) groups is 2. The van der Waals surface area contributed by atoms with Crippen LogP contribution in [0.3, 0.4) is 0 Å². The van der Waals surface area contributed by atoms with E-state index < -0.39 is 6.09 Å². The first-order chi connectivity index (χ1) is 7.60. The third kappa shape index (κ3) is 8.05. The van der Waals surface area contributed by atoms with Gasteiger partial charge in [-0.05, 0) is 13.8 Å². The number of carbonyl (C=O) groups excluding carboxylic acids is 2. The first-order valence-electron chi connectivity index (χ1n) is 5.44. The maximum Gasteiger partial charge on any atom is 0.407 e. The van der Waals surface area contributed by atoms with Gasteiger partial charge in [-0.3, -0.25) is 4.79 Å². The van der Waals surface area contributed by atoms with E-state index in [1.54, 1.807) is 14.0 Å². The highest BCUT2D eigenvalue weighted by Gasteiger charge is 2.06. The molecule has 0 aliphatic carbocycles. The van der Waals surface area contributed by atoms with Gasteiger partial charge in [-0.1, -0.05) is 0 Å². The molecule has 0 aromatic rings. The van der Waals surface area contributed by atoms with Crippen LogP contribution in [0.4, 0.5) is 4.79 Å². The van der Waals surface area contributed by atoms with Gasteiger partial charge in [-0.2, -0.15) is 0 Å². The van der Waals surface area contributed by atoms with Crippen molar-refractivity contribution in [3.8, 4) is 0 Å². The molecule has 6 nitrogen and oxygen atoms in total. The molecule has 3 N–H and O–H groups in total. The molecule has 1 unspecified atom stereocenters. The van der Waals surface area contributed by atoms with Gasteiger partial charge in [0.2, 0.25) is 5.91 Å². The van der Waals surface area contributed by atoms with Gasteiger partial charge < -0.3 is 20.7 Å². The Morgan fingerprint density at radius 2 is 2.00 bits per heavy atom. The molecule has 0 radical (unpaired) electrons. The largest absolute Gasteiger partial charge is 0.450 e. The summed E-state index contributed by atoms with van der Waals surface area (Å²) in [6.45, 7) is 5.13. The molecule has 0 aromatic carbocycles. The third-order valence-corrected chi connectivity index (χ3v) is 1.93. The Morgan fingerprint density at radius 3 is 2.56 bits per heavy atom. The summed E-state index contributed by atoms with van der Waals surface area (Å²) in [4.78, 5) is 21.9. The van der Waals surface area contributed by atoms with Gasteiger partial charge in [0.15, 0.2) is 0 Å². The van der Waals surface area contributed by atoms with Gasteiger partial charge in [-0.25, -0.2) is 4.79 Å². The second-order valence-electron chi connectivity index (χ2n) is 3.38. The van der Waals surface area contributed by atoms with E-state index in [0.717, 1.165) is 0 Å². The van der Waals surface area contributed by atoms with Crippen LogP contribution in [0.15, 0.2) is 0 Å². The summed E-state index contributed by atoms with van der Waals surface area (Å²) in [5.74, 6) is -0.00153. The number of hydrogen-bond donors (Lipinski definition) is 3. The lowest BCUT2D eigenvalue weighted by Gasteiger charge is -2.13. The lowest BCUT2D eigenvalue weighted by atomic mass is 10.2. The van der Waals surface area contributed by atoms with Crippen LogP contribution in [0.1, 0.15) is 20.3 Å². The average molecular weight is 231 g/mol. The number of amides is 2. The van der Waals surface area contributed by atoms with Crippen molar-refractivity contribution < 1.29 is 14.3 Å². The van der Waals surface area contributed by atoms with E-state index in [9.17, 15) is 9.59 Å². The number of hydrogen-bond acceptors (Lipinski definition) is 4. The maximum absolute atomic E-state index is 11.0. The Bertz CT molecular complexity index is 221. The van der Waals surface area contributed by atoms with E-state index >= 15 is 0 Å². The van der Waals surface area contributed by atoms with Gasteiger partial charge >= 0.3 is 6.09 Å². The van der Waals surface area contributed by atoms with Crippen LogP contribution < -0.4 is 16.0 Å². The molecule has 6 heteroatoms. The average Bonchev–Trinajstić information content (AvgIpc) is 2.24. The van der Waals surface area contributed by atoms with Gasteiger partial charge in [0, 0.05) is 32.6 Å². The molecular weight excluding hydrogens is 210 g/mol. The zero-order chi connectivity index (χ0) is 12.4. The highest BCUT2D eigenvalue weighted by Crippen LogP contribution is 1.88. The minimum atomic E-state index is -0.414. The van der Waals surface area contributed by atoms with Gasteiger partial charge in [0.05, 0.1) is 6.61 Å². The van der Waals surface area contributed by atoms with Crippen molar-refractivity contribution in [1.29, 1.82) is 0 Å². The summed E-state index contributed by atoms with van der Waals surface area (Å²) in [6, 6.07) is 0.0870. The fraction of sp³-hybridized carbons (Fsp3) is 0.800. The maximum atomic E-state index is 11.0. The van der Waals surface area contributed by atoms with Crippen LogP contribution in [0.2, 0.25) is 0 Å². The minimum absolute atomic E-state index is 0.00153.